The van der Waals surface area contributed by atoms with Crippen LogP contribution in [0.5, 0.6) is 5.75 Å². The highest BCUT2D eigenvalue weighted by Gasteiger charge is 2.31. The molecule has 1 unspecified atom stereocenters. The van der Waals surface area contributed by atoms with Crippen molar-refractivity contribution in [1.82, 2.24) is 4.90 Å². The largest absolute Gasteiger partial charge is 0.486 e. The van der Waals surface area contributed by atoms with Gasteiger partial charge in [0.2, 0.25) is 0 Å². The molecule has 0 radical (unpaired) electrons. The van der Waals surface area contributed by atoms with Crippen molar-refractivity contribution in [2.24, 2.45) is 5.73 Å². The van der Waals surface area contributed by atoms with E-state index in [0.717, 1.165) is 30.8 Å². The molecule has 1 aliphatic heterocycles. The summed E-state index contributed by atoms with van der Waals surface area (Å²) in [5, 5.41) is 0. The average molecular weight is 234 g/mol. The molecule has 0 spiro atoms. The molecule has 1 heterocycles. The fraction of sp³-hybridized carbons (Fsp3) is 0.571. The molecule has 3 nitrogen and oxygen atoms in total. The minimum absolute atomic E-state index is 0.0850. The van der Waals surface area contributed by atoms with Gasteiger partial charge in [-0.25, -0.2) is 0 Å². The van der Waals surface area contributed by atoms with Crippen LogP contribution in [0.3, 0.4) is 0 Å². The summed E-state index contributed by atoms with van der Waals surface area (Å²) in [7, 11) is 2.15. The van der Waals surface area contributed by atoms with Crippen molar-refractivity contribution >= 4 is 0 Å². The summed E-state index contributed by atoms with van der Waals surface area (Å²) in [6.45, 7) is 4.86. The lowest BCUT2D eigenvalue weighted by Gasteiger charge is -2.39. The lowest BCUT2D eigenvalue weighted by molar-refractivity contribution is 0.0149. The van der Waals surface area contributed by atoms with Crippen LogP contribution in [0.25, 0.3) is 0 Å². The summed E-state index contributed by atoms with van der Waals surface area (Å²) in [4.78, 5) is 2.33. The predicted octanol–water partition coefficient (Wildman–Crippen LogP) is 2.01. The monoisotopic (exact) mass is 234 g/mol. The van der Waals surface area contributed by atoms with Crippen LogP contribution in [0.2, 0.25) is 0 Å². The molecule has 1 atom stereocenters. The number of likely N-dealkylation sites (tertiary alicyclic amines) is 1. The number of benzene rings is 1. The number of piperidine rings is 1. The van der Waals surface area contributed by atoms with E-state index < -0.39 is 0 Å². The summed E-state index contributed by atoms with van der Waals surface area (Å²) in [5.74, 6) is 0.938. The normalized spacial score (nSPS) is 25.8. The molecule has 2 rings (SSSR count). The zero-order valence-electron chi connectivity index (χ0n) is 10.8. The van der Waals surface area contributed by atoms with Gasteiger partial charge < -0.3 is 15.4 Å². The van der Waals surface area contributed by atoms with Crippen LogP contribution in [0.4, 0.5) is 0 Å². The Bertz CT molecular complexity index is 380. The van der Waals surface area contributed by atoms with Crippen LogP contribution in [0, 0.1) is 0 Å². The van der Waals surface area contributed by atoms with Gasteiger partial charge in [-0.15, -0.1) is 0 Å². The van der Waals surface area contributed by atoms with Gasteiger partial charge in [-0.05, 0) is 39.4 Å². The number of nitrogens with zero attached hydrogens (tertiary/aromatic N) is 1. The lowest BCUT2D eigenvalue weighted by Crippen LogP contribution is -2.48. The van der Waals surface area contributed by atoms with E-state index in [0.29, 0.717) is 6.54 Å². The number of likely N-dealkylation sites (N-methyl/N-ethyl adjacent to an activating group) is 1. The number of nitrogens with two attached hydrogens (primary N) is 1. The maximum absolute atomic E-state index is 6.21. The Morgan fingerprint density at radius 1 is 1.41 bits per heavy atom. The van der Waals surface area contributed by atoms with Crippen LogP contribution < -0.4 is 10.5 Å². The van der Waals surface area contributed by atoms with Crippen molar-refractivity contribution in [2.75, 3.05) is 20.1 Å². The van der Waals surface area contributed by atoms with E-state index in [2.05, 4.69) is 18.9 Å². The smallest absolute Gasteiger partial charge is 0.124 e. The number of hydrogen-bond acceptors (Lipinski definition) is 3. The van der Waals surface area contributed by atoms with E-state index in [4.69, 9.17) is 10.5 Å². The average Bonchev–Trinajstić information content (AvgIpc) is 2.29. The summed E-state index contributed by atoms with van der Waals surface area (Å²) in [5.41, 5.74) is 6.74. The Balaban J connectivity index is 2.13. The summed E-state index contributed by atoms with van der Waals surface area (Å²) in [6.07, 6.45) is 2.30. The molecule has 1 aromatic rings. The first-order valence-electron chi connectivity index (χ1n) is 6.28. The van der Waals surface area contributed by atoms with Crippen molar-refractivity contribution in [3.05, 3.63) is 29.8 Å². The van der Waals surface area contributed by atoms with Crippen molar-refractivity contribution in [2.45, 2.75) is 31.9 Å². The molecular formula is C14H22N2O. The Morgan fingerprint density at radius 2 is 2.18 bits per heavy atom. The van der Waals surface area contributed by atoms with Gasteiger partial charge in [0, 0.05) is 18.7 Å². The second-order valence-electron chi connectivity index (χ2n) is 5.21. The first-order chi connectivity index (χ1) is 8.13. The van der Waals surface area contributed by atoms with Gasteiger partial charge in [0.15, 0.2) is 0 Å². The van der Waals surface area contributed by atoms with Gasteiger partial charge in [0.25, 0.3) is 0 Å². The van der Waals surface area contributed by atoms with Gasteiger partial charge in [0.05, 0.1) is 0 Å². The van der Waals surface area contributed by atoms with Crippen LogP contribution in [-0.4, -0.2) is 30.6 Å². The predicted molar refractivity (Wildman–Crippen MR) is 70.1 cm³/mol. The fourth-order valence-electron chi connectivity index (χ4n) is 2.57. The van der Waals surface area contributed by atoms with E-state index in [1.165, 1.54) is 6.42 Å². The van der Waals surface area contributed by atoms with Gasteiger partial charge in [-0.1, -0.05) is 18.2 Å². The molecule has 94 valence electrons. The number of rotatable bonds is 3. The molecule has 0 saturated carbocycles. The molecule has 17 heavy (non-hydrogen) atoms. The SMILES string of the molecule is CN1CCCC(C)(Oc2ccccc2CN)C1. The second kappa shape index (κ2) is 5.07. The van der Waals surface area contributed by atoms with Gasteiger partial charge in [-0.3, -0.25) is 0 Å². The molecule has 1 fully saturated rings. The van der Waals surface area contributed by atoms with E-state index in [1.54, 1.807) is 0 Å². The standard InChI is InChI=1S/C14H22N2O/c1-14(8-5-9-16(2)11-14)17-13-7-4-3-6-12(13)10-15/h3-4,6-7H,5,8-11,15H2,1-2H3. The van der Waals surface area contributed by atoms with Crippen molar-refractivity contribution in [1.29, 1.82) is 0 Å². The van der Waals surface area contributed by atoms with Gasteiger partial charge >= 0.3 is 0 Å². The molecule has 2 N–H and O–H groups in total. The molecule has 1 aromatic carbocycles. The molecule has 3 heteroatoms. The van der Waals surface area contributed by atoms with Crippen LogP contribution >= 0.6 is 0 Å². The molecule has 1 saturated heterocycles. The molecule has 0 aliphatic carbocycles. The van der Waals surface area contributed by atoms with Crippen LogP contribution in [-0.2, 0) is 6.54 Å². The maximum Gasteiger partial charge on any atom is 0.124 e. The minimum atomic E-state index is -0.0850. The van der Waals surface area contributed by atoms with E-state index in [1.807, 2.05) is 24.3 Å². The summed E-state index contributed by atoms with van der Waals surface area (Å²) in [6, 6.07) is 8.06. The van der Waals surface area contributed by atoms with Gasteiger partial charge in [-0.2, -0.15) is 0 Å². The lowest BCUT2D eigenvalue weighted by atomic mass is 9.95. The summed E-state index contributed by atoms with van der Waals surface area (Å²) >= 11 is 0. The van der Waals surface area contributed by atoms with E-state index >= 15 is 0 Å². The number of hydrogen-bond donors (Lipinski definition) is 1. The third kappa shape index (κ3) is 2.99. The van der Waals surface area contributed by atoms with Crippen molar-refractivity contribution < 1.29 is 4.74 Å². The van der Waals surface area contributed by atoms with Gasteiger partial charge in [0.1, 0.15) is 11.4 Å². The third-order valence-electron chi connectivity index (χ3n) is 3.40. The highest BCUT2D eigenvalue weighted by molar-refractivity contribution is 5.33. The Kier molecular flexibility index (Phi) is 3.69. The zero-order chi connectivity index (χ0) is 12.3. The van der Waals surface area contributed by atoms with Crippen molar-refractivity contribution in [3.63, 3.8) is 0 Å². The number of para-hydroxylation sites is 1. The van der Waals surface area contributed by atoms with Crippen molar-refractivity contribution in [3.8, 4) is 5.75 Å². The second-order valence-corrected chi connectivity index (χ2v) is 5.21. The number of ether oxygens (including phenoxy) is 1. The summed E-state index contributed by atoms with van der Waals surface area (Å²) < 4.78 is 6.21. The molecule has 0 aromatic heterocycles. The first kappa shape index (κ1) is 12.4. The minimum Gasteiger partial charge on any atom is -0.486 e. The highest BCUT2D eigenvalue weighted by Crippen LogP contribution is 2.28. The molecule has 1 aliphatic rings. The quantitative estimate of drug-likeness (QED) is 0.869. The topological polar surface area (TPSA) is 38.5 Å². The van der Waals surface area contributed by atoms with Crippen LogP contribution in [0.15, 0.2) is 24.3 Å². The zero-order valence-corrected chi connectivity index (χ0v) is 10.8. The Hall–Kier alpha value is -1.06. The molecular weight excluding hydrogens is 212 g/mol. The van der Waals surface area contributed by atoms with E-state index in [9.17, 15) is 0 Å². The Morgan fingerprint density at radius 3 is 2.88 bits per heavy atom. The Labute approximate surface area is 104 Å². The highest BCUT2D eigenvalue weighted by atomic mass is 16.5. The maximum atomic E-state index is 6.21. The molecule has 0 bridgehead atoms. The fourth-order valence-corrected chi connectivity index (χ4v) is 2.57. The molecule has 0 amide bonds. The van der Waals surface area contributed by atoms with E-state index in [-0.39, 0.29) is 5.60 Å². The third-order valence-corrected chi connectivity index (χ3v) is 3.40. The van der Waals surface area contributed by atoms with Crippen LogP contribution in [0.1, 0.15) is 25.3 Å². The first-order valence-corrected chi connectivity index (χ1v) is 6.28.